The molecule has 0 radical (unpaired) electrons. The molecule has 1 aromatic heterocycles. The lowest BCUT2D eigenvalue weighted by molar-refractivity contribution is -0.0403. The fourth-order valence-corrected chi connectivity index (χ4v) is 2.64. The number of aromatic nitrogens is 2. The molecule has 0 amide bonds. The van der Waals surface area contributed by atoms with Crippen LogP contribution in [0.3, 0.4) is 0 Å². The number of anilines is 1. The van der Waals surface area contributed by atoms with Gasteiger partial charge in [-0.2, -0.15) is 4.98 Å². The Morgan fingerprint density at radius 2 is 2.24 bits per heavy atom. The van der Waals surface area contributed by atoms with Crippen LogP contribution in [-0.2, 0) is 16.8 Å². The third-order valence-electron chi connectivity index (χ3n) is 4.10. The minimum absolute atomic E-state index is 0.491. The van der Waals surface area contributed by atoms with Crippen LogP contribution in [-0.4, -0.2) is 23.3 Å². The van der Waals surface area contributed by atoms with Gasteiger partial charge in [0, 0.05) is 24.4 Å². The van der Waals surface area contributed by atoms with Crippen LogP contribution in [0.2, 0.25) is 0 Å². The average molecular weight is 287 g/mol. The summed E-state index contributed by atoms with van der Waals surface area (Å²) in [6, 6.07) is 6.21. The van der Waals surface area contributed by atoms with Crippen molar-refractivity contribution in [3.63, 3.8) is 0 Å². The molecule has 1 N–H and O–H groups in total. The molecule has 3 rings (SSSR count). The molecule has 5 heteroatoms. The molecule has 1 unspecified atom stereocenters. The Morgan fingerprint density at radius 3 is 3.00 bits per heavy atom. The maximum atomic E-state index is 5.79. The van der Waals surface area contributed by atoms with Crippen molar-refractivity contribution < 1.29 is 9.26 Å². The number of nitrogens with one attached hydrogen (secondary N) is 1. The number of rotatable bonds is 5. The molecule has 1 atom stereocenters. The first-order valence-corrected chi connectivity index (χ1v) is 7.51. The zero-order valence-electron chi connectivity index (χ0n) is 12.8. The molecule has 21 heavy (non-hydrogen) atoms. The van der Waals surface area contributed by atoms with Gasteiger partial charge in [-0.3, -0.25) is 0 Å². The zero-order valence-corrected chi connectivity index (χ0v) is 12.8. The van der Waals surface area contributed by atoms with Crippen LogP contribution in [0.5, 0.6) is 0 Å². The highest BCUT2D eigenvalue weighted by Gasteiger charge is 2.31. The van der Waals surface area contributed by atoms with E-state index in [1.165, 1.54) is 11.3 Å². The Balaban J connectivity index is 1.91. The second kappa shape index (κ2) is 5.48. The Labute approximate surface area is 124 Å². The average Bonchev–Trinajstić information content (AvgIpc) is 3.15. The van der Waals surface area contributed by atoms with Crippen LogP contribution in [0.4, 0.5) is 5.69 Å². The standard InChI is InChI=1S/C16H21N3O2/c1-4-16(3,20-5-2)15-18-14(21-19-15)12-6-7-13-11(10-12)8-9-17-13/h6-7,10,17H,4-5,8-9H2,1-3H3. The van der Waals surface area contributed by atoms with Crippen LogP contribution in [0.25, 0.3) is 11.5 Å². The van der Waals surface area contributed by atoms with Crippen molar-refractivity contribution in [1.29, 1.82) is 0 Å². The lowest BCUT2D eigenvalue weighted by Gasteiger charge is -2.23. The molecule has 0 spiro atoms. The second-order valence-corrected chi connectivity index (χ2v) is 5.49. The topological polar surface area (TPSA) is 60.2 Å². The van der Waals surface area contributed by atoms with Crippen LogP contribution >= 0.6 is 0 Å². The smallest absolute Gasteiger partial charge is 0.258 e. The van der Waals surface area contributed by atoms with Crippen LogP contribution in [0.15, 0.2) is 22.7 Å². The van der Waals surface area contributed by atoms with E-state index < -0.39 is 5.60 Å². The van der Waals surface area contributed by atoms with E-state index in [-0.39, 0.29) is 0 Å². The minimum Gasteiger partial charge on any atom is -0.384 e. The van der Waals surface area contributed by atoms with E-state index >= 15 is 0 Å². The van der Waals surface area contributed by atoms with Gasteiger partial charge in [0.2, 0.25) is 5.82 Å². The third-order valence-corrected chi connectivity index (χ3v) is 4.10. The number of hydrogen-bond acceptors (Lipinski definition) is 5. The molecular formula is C16H21N3O2. The Kier molecular flexibility index (Phi) is 3.68. The molecule has 0 aliphatic carbocycles. The number of ether oxygens (including phenoxy) is 1. The Morgan fingerprint density at radius 1 is 1.38 bits per heavy atom. The lowest BCUT2D eigenvalue weighted by atomic mass is 10.0. The summed E-state index contributed by atoms with van der Waals surface area (Å²) in [5.74, 6) is 1.17. The van der Waals surface area contributed by atoms with Crippen molar-refractivity contribution >= 4 is 5.69 Å². The van der Waals surface area contributed by atoms with Gasteiger partial charge in [0.25, 0.3) is 5.89 Å². The lowest BCUT2D eigenvalue weighted by Crippen LogP contribution is -2.26. The highest BCUT2D eigenvalue weighted by molar-refractivity contribution is 5.65. The molecule has 0 bridgehead atoms. The normalized spacial score (nSPS) is 16.3. The van der Waals surface area contributed by atoms with Gasteiger partial charge in [0.1, 0.15) is 5.60 Å². The van der Waals surface area contributed by atoms with Gasteiger partial charge in [-0.05, 0) is 50.5 Å². The molecule has 1 aliphatic rings. The zero-order chi connectivity index (χ0) is 14.9. The fraction of sp³-hybridized carbons (Fsp3) is 0.500. The summed E-state index contributed by atoms with van der Waals surface area (Å²) in [6.45, 7) is 7.65. The van der Waals surface area contributed by atoms with Gasteiger partial charge < -0.3 is 14.6 Å². The SMILES string of the molecule is CCOC(C)(CC)c1noc(-c2ccc3c(c2)CCN3)n1. The third kappa shape index (κ3) is 2.53. The first-order chi connectivity index (χ1) is 10.2. The quantitative estimate of drug-likeness (QED) is 0.913. The van der Waals surface area contributed by atoms with Crippen molar-refractivity contribution in [3.05, 3.63) is 29.6 Å². The molecule has 112 valence electrons. The summed E-state index contributed by atoms with van der Waals surface area (Å²) in [4.78, 5) is 4.54. The molecule has 2 aromatic rings. The van der Waals surface area contributed by atoms with Crippen molar-refractivity contribution in [2.45, 2.75) is 39.2 Å². The summed E-state index contributed by atoms with van der Waals surface area (Å²) in [7, 11) is 0. The first kappa shape index (κ1) is 14.1. The molecule has 1 aromatic carbocycles. The predicted octanol–water partition coefficient (Wildman–Crippen LogP) is 3.37. The van der Waals surface area contributed by atoms with Gasteiger partial charge in [-0.1, -0.05) is 12.1 Å². The summed E-state index contributed by atoms with van der Waals surface area (Å²) in [5, 5.41) is 7.47. The van der Waals surface area contributed by atoms with Crippen LogP contribution in [0.1, 0.15) is 38.6 Å². The summed E-state index contributed by atoms with van der Waals surface area (Å²) in [6.07, 6.45) is 1.84. The molecule has 0 saturated heterocycles. The van der Waals surface area contributed by atoms with Gasteiger partial charge in [0.15, 0.2) is 0 Å². The molecule has 5 nitrogen and oxygen atoms in total. The van der Waals surface area contributed by atoms with Gasteiger partial charge >= 0.3 is 0 Å². The summed E-state index contributed by atoms with van der Waals surface area (Å²) >= 11 is 0. The fourth-order valence-electron chi connectivity index (χ4n) is 2.64. The van der Waals surface area contributed by atoms with E-state index in [1.807, 2.05) is 19.9 Å². The van der Waals surface area contributed by atoms with Gasteiger partial charge in [-0.25, -0.2) is 0 Å². The number of hydrogen-bond donors (Lipinski definition) is 1. The van der Waals surface area contributed by atoms with Crippen LogP contribution in [0, 0.1) is 0 Å². The van der Waals surface area contributed by atoms with E-state index in [0.717, 1.165) is 24.9 Å². The maximum absolute atomic E-state index is 5.79. The molecule has 0 fully saturated rings. The number of fused-ring (bicyclic) bond motifs is 1. The van der Waals surface area contributed by atoms with Crippen molar-refractivity contribution in [3.8, 4) is 11.5 Å². The molecular weight excluding hydrogens is 266 g/mol. The van der Waals surface area contributed by atoms with Crippen LogP contribution < -0.4 is 5.32 Å². The van der Waals surface area contributed by atoms with E-state index in [9.17, 15) is 0 Å². The highest BCUT2D eigenvalue weighted by atomic mass is 16.5. The van der Waals surface area contributed by atoms with Crippen molar-refractivity contribution in [2.24, 2.45) is 0 Å². The van der Waals surface area contributed by atoms with Crippen molar-refractivity contribution in [1.82, 2.24) is 10.1 Å². The first-order valence-electron chi connectivity index (χ1n) is 7.51. The second-order valence-electron chi connectivity index (χ2n) is 5.49. The summed E-state index contributed by atoms with van der Waals surface area (Å²) < 4.78 is 11.2. The molecule has 2 heterocycles. The Bertz CT molecular complexity index is 638. The van der Waals surface area contributed by atoms with E-state index in [1.54, 1.807) is 0 Å². The maximum Gasteiger partial charge on any atom is 0.258 e. The highest BCUT2D eigenvalue weighted by Crippen LogP contribution is 2.31. The molecule has 1 aliphatic heterocycles. The largest absolute Gasteiger partial charge is 0.384 e. The van der Waals surface area contributed by atoms with E-state index in [0.29, 0.717) is 18.3 Å². The number of nitrogens with zero attached hydrogens (tertiary/aromatic N) is 2. The molecule has 0 saturated carbocycles. The van der Waals surface area contributed by atoms with E-state index in [2.05, 4.69) is 34.5 Å². The van der Waals surface area contributed by atoms with E-state index in [4.69, 9.17) is 9.26 Å². The minimum atomic E-state index is -0.491. The Hall–Kier alpha value is -1.88. The van der Waals surface area contributed by atoms with Gasteiger partial charge in [0.05, 0.1) is 0 Å². The van der Waals surface area contributed by atoms with Crippen molar-refractivity contribution in [2.75, 3.05) is 18.5 Å². The predicted molar refractivity (Wildman–Crippen MR) is 81.2 cm³/mol. The summed E-state index contributed by atoms with van der Waals surface area (Å²) in [5.41, 5.74) is 2.97. The van der Waals surface area contributed by atoms with Gasteiger partial charge in [-0.15, -0.1) is 0 Å². The number of benzene rings is 1. The monoisotopic (exact) mass is 287 g/mol.